The Kier molecular flexibility index (Phi) is 4.50. The molecular formula is C14H18FNO3. The van der Waals surface area contributed by atoms with E-state index in [1.807, 2.05) is 0 Å². The van der Waals surface area contributed by atoms with Crippen LogP contribution in [0.4, 0.5) is 4.39 Å². The van der Waals surface area contributed by atoms with Crippen LogP contribution in [0.15, 0.2) is 18.2 Å². The lowest BCUT2D eigenvalue weighted by atomic mass is 10.1. The van der Waals surface area contributed by atoms with Crippen LogP contribution in [-0.4, -0.2) is 41.8 Å². The first kappa shape index (κ1) is 14.0. The van der Waals surface area contributed by atoms with E-state index in [4.69, 9.17) is 9.84 Å². The number of ether oxygens (including phenoxy) is 1. The number of nitrogens with zero attached hydrogens (tertiary/aromatic N) is 1. The van der Waals surface area contributed by atoms with Crippen molar-refractivity contribution in [2.24, 2.45) is 0 Å². The van der Waals surface area contributed by atoms with Crippen molar-refractivity contribution in [2.45, 2.75) is 26.0 Å². The number of aromatic carboxylic acids is 1. The highest BCUT2D eigenvalue weighted by molar-refractivity contribution is 5.88. The van der Waals surface area contributed by atoms with E-state index in [0.717, 1.165) is 25.1 Å². The van der Waals surface area contributed by atoms with Crippen LogP contribution in [0.25, 0.3) is 0 Å². The van der Waals surface area contributed by atoms with Gasteiger partial charge in [0.25, 0.3) is 0 Å². The van der Waals surface area contributed by atoms with Crippen LogP contribution in [-0.2, 0) is 11.3 Å². The van der Waals surface area contributed by atoms with Crippen LogP contribution < -0.4 is 0 Å². The third-order valence-corrected chi connectivity index (χ3v) is 3.35. The maximum Gasteiger partial charge on any atom is 0.338 e. The monoisotopic (exact) mass is 267 g/mol. The van der Waals surface area contributed by atoms with Crippen molar-refractivity contribution < 1.29 is 19.0 Å². The second-order valence-corrected chi connectivity index (χ2v) is 4.76. The zero-order valence-corrected chi connectivity index (χ0v) is 10.9. The quantitative estimate of drug-likeness (QED) is 0.908. The van der Waals surface area contributed by atoms with E-state index in [1.165, 1.54) is 12.1 Å². The molecule has 0 spiro atoms. The highest BCUT2D eigenvalue weighted by Crippen LogP contribution is 2.15. The summed E-state index contributed by atoms with van der Waals surface area (Å²) in [6.07, 6.45) is 1.19. The first-order valence-electron chi connectivity index (χ1n) is 6.45. The summed E-state index contributed by atoms with van der Waals surface area (Å²) in [7, 11) is 0. The van der Waals surface area contributed by atoms with Gasteiger partial charge in [0.2, 0.25) is 0 Å². The molecule has 5 heteroatoms. The number of carbonyl (C=O) groups is 1. The van der Waals surface area contributed by atoms with Gasteiger partial charge in [0, 0.05) is 19.6 Å². The molecule has 0 saturated carbocycles. The zero-order chi connectivity index (χ0) is 13.8. The number of carboxylic acid groups (broad SMARTS) is 1. The molecule has 1 aliphatic rings. The highest BCUT2D eigenvalue weighted by Gasteiger charge is 2.19. The number of carboxylic acids is 1. The van der Waals surface area contributed by atoms with E-state index in [9.17, 15) is 9.18 Å². The van der Waals surface area contributed by atoms with Crippen molar-refractivity contribution >= 4 is 5.97 Å². The molecule has 1 aromatic rings. The number of halogens is 1. The molecule has 1 atom stereocenters. The van der Waals surface area contributed by atoms with Crippen LogP contribution in [0.3, 0.4) is 0 Å². The molecule has 1 heterocycles. The van der Waals surface area contributed by atoms with E-state index >= 15 is 0 Å². The Labute approximate surface area is 111 Å². The van der Waals surface area contributed by atoms with Crippen molar-refractivity contribution in [3.05, 3.63) is 35.1 Å². The number of benzene rings is 1. The zero-order valence-electron chi connectivity index (χ0n) is 10.9. The SMILES string of the molecule is CCC1CN(Cc2ccc(F)c(C(=O)O)c2)CCO1. The van der Waals surface area contributed by atoms with Crippen LogP contribution >= 0.6 is 0 Å². The van der Waals surface area contributed by atoms with E-state index in [-0.39, 0.29) is 11.7 Å². The highest BCUT2D eigenvalue weighted by atomic mass is 19.1. The summed E-state index contributed by atoms with van der Waals surface area (Å²) in [4.78, 5) is 13.1. The summed E-state index contributed by atoms with van der Waals surface area (Å²) < 4.78 is 18.9. The standard InChI is InChI=1S/C14H18FNO3/c1-2-11-9-16(5-6-19-11)8-10-3-4-13(15)12(7-10)14(17)18/h3-4,7,11H,2,5-6,8-9H2,1H3,(H,17,18). The predicted molar refractivity (Wildman–Crippen MR) is 68.7 cm³/mol. The fraction of sp³-hybridized carbons (Fsp3) is 0.500. The molecule has 2 rings (SSSR count). The first-order valence-corrected chi connectivity index (χ1v) is 6.45. The smallest absolute Gasteiger partial charge is 0.338 e. The molecule has 1 saturated heterocycles. The van der Waals surface area contributed by atoms with Gasteiger partial charge in [-0.2, -0.15) is 0 Å². The molecular weight excluding hydrogens is 249 g/mol. The van der Waals surface area contributed by atoms with Crippen molar-refractivity contribution in [3.63, 3.8) is 0 Å². The summed E-state index contributed by atoms with van der Waals surface area (Å²) in [5.41, 5.74) is 0.549. The average Bonchev–Trinajstić information content (AvgIpc) is 2.41. The lowest BCUT2D eigenvalue weighted by Gasteiger charge is -2.32. The summed E-state index contributed by atoms with van der Waals surface area (Å²) in [5.74, 6) is -1.92. The minimum Gasteiger partial charge on any atom is -0.478 e. The van der Waals surface area contributed by atoms with Crippen molar-refractivity contribution in [1.29, 1.82) is 0 Å². The fourth-order valence-electron chi connectivity index (χ4n) is 2.26. The second-order valence-electron chi connectivity index (χ2n) is 4.76. The van der Waals surface area contributed by atoms with Crippen LogP contribution in [0.1, 0.15) is 29.3 Å². The molecule has 1 unspecified atom stereocenters. The number of morpholine rings is 1. The van der Waals surface area contributed by atoms with Gasteiger partial charge in [0.1, 0.15) is 5.82 Å². The van der Waals surface area contributed by atoms with Gasteiger partial charge < -0.3 is 9.84 Å². The number of hydrogen-bond donors (Lipinski definition) is 1. The minimum absolute atomic E-state index is 0.230. The summed E-state index contributed by atoms with van der Waals surface area (Å²) in [6.45, 7) is 5.03. The molecule has 1 N–H and O–H groups in total. The van der Waals surface area contributed by atoms with E-state index < -0.39 is 11.8 Å². The Morgan fingerprint density at radius 2 is 2.37 bits per heavy atom. The number of rotatable bonds is 4. The minimum atomic E-state index is -1.23. The molecule has 0 amide bonds. The molecule has 19 heavy (non-hydrogen) atoms. The molecule has 0 aromatic heterocycles. The summed E-state index contributed by atoms with van der Waals surface area (Å²) in [6, 6.07) is 4.27. The normalized spacial score (nSPS) is 20.4. The van der Waals surface area contributed by atoms with Crippen molar-refractivity contribution in [3.8, 4) is 0 Å². The maximum atomic E-state index is 13.3. The Morgan fingerprint density at radius 1 is 1.58 bits per heavy atom. The molecule has 1 fully saturated rings. The number of hydrogen-bond acceptors (Lipinski definition) is 3. The summed E-state index contributed by atoms with van der Waals surface area (Å²) >= 11 is 0. The molecule has 104 valence electrons. The fourth-order valence-corrected chi connectivity index (χ4v) is 2.26. The molecule has 0 radical (unpaired) electrons. The average molecular weight is 267 g/mol. The third kappa shape index (κ3) is 3.52. The second kappa shape index (κ2) is 6.12. The molecule has 1 aromatic carbocycles. The lowest BCUT2D eigenvalue weighted by Crippen LogP contribution is -2.41. The van der Waals surface area contributed by atoms with E-state index in [2.05, 4.69) is 11.8 Å². The Morgan fingerprint density at radius 3 is 3.05 bits per heavy atom. The van der Waals surface area contributed by atoms with Gasteiger partial charge >= 0.3 is 5.97 Å². The molecule has 4 nitrogen and oxygen atoms in total. The lowest BCUT2D eigenvalue weighted by molar-refractivity contribution is -0.0324. The Balaban J connectivity index is 2.06. The third-order valence-electron chi connectivity index (χ3n) is 3.35. The van der Waals surface area contributed by atoms with Gasteiger partial charge in [-0.3, -0.25) is 4.90 Å². The first-order chi connectivity index (χ1) is 9.10. The van der Waals surface area contributed by atoms with Gasteiger partial charge in [-0.15, -0.1) is 0 Å². The molecule has 0 bridgehead atoms. The topological polar surface area (TPSA) is 49.8 Å². The van der Waals surface area contributed by atoms with Crippen LogP contribution in [0.5, 0.6) is 0 Å². The maximum absolute atomic E-state index is 13.3. The van der Waals surface area contributed by atoms with E-state index in [1.54, 1.807) is 6.07 Å². The van der Waals surface area contributed by atoms with Crippen molar-refractivity contribution in [1.82, 2.24) is 4.90 Å². The van der Waals surface area contributed by atoms with Crippen LogP contribution in [0.2, 0.25) is 0 Å². The van der Waals surface area contributed by atoms with Gasteiger partial charge in [-0.05, 0) is 24.1 Å². The Bertz CT molecular complexity index is 464. The van der Waals surface area contributed by atoms with Gasteiger partial charge in [0.05, 0.1) is 18.3 Å². The van der Waals surface area contributed by atoms with Gasteiger partial charge in [-0.25, -0.2) is 9.18 Å². The van der Waals surface area contributed by atoms with Crippen molar-refractivity contribution in [2.75, 3.05) is 19.7 Å². The summed E-state index contributed by atoms with van der Waals surface area (Å²) in [5, 5.41) is 8.90. The predicted octanol–water partition coefficient (Wildman–Crippen LogP) is 2.13. The van der Waals surface area contributed by atoms with Crippen LogP contribution in [0, 0.1) is 5.82 Å². The molecule has 0 aliphatic carbocycles. The Hall–Kier alpha value is -1.46. The van der Waals surface area contributed by atoms with E-state index in [0.29, 0.717) is 13.2 Å². The van der Waals surface area contributed by atoms with Gasteiger partial charge in [0.15, 0.2) is 0 Å². The largest absolute Gasteiger partial charge is 0.478 e. The van der Waals surface area contributed by atoms with Gasteiger partial charge in [-0.1, -0.05) is 13.0 Å². The molecule has 1 aliphatic heterocycles.